The average molecular weight is 534 g/mol. The Hall–Kier alpha value is -2.84. The van der Waals surface area contributed by atoms with Crippen molar-refractivity contribution in [1.82, 2.24) is 9.78 Å². The molecule has 5 rings (SSSR count). The van der Waals surface area contributed by atoms with E-state index in [9.17, 15) is 23.2 Å². The summed E-state index contributed by atoms with van der Waals surface area (Å²) < 4.78 is 42.6. The van der Waals surface area contributed by atoms with Crippen LogP contribution in [0.1, 0.15) is 77.1 Å². The molecular weight excluding hydrogens is 507 g/mol. The normalized spacial score (nSPS) is 21.8. The number of nitrogens with zero attached hydrogens (tertiary/aromatic N) is 3. The third-order valence-corrected chi connectivity index (χ3v) is 9.29. The minimum atomic E-state index is -4.52. The van der Waals surface area contributed by atoms with Gasteiger partial charge in [0.05, 0.1) is 11.6 Å². The first-order chi connectivity index (χ1) is 17.0. The molecule has 2 N–H and O–H groups in total. The van der Waals surface area contributed by atoms with Gasteiger partial charge in [-0.15, -0.1) is 22.7 Å². The average Bonchev–Trinajstić information content (AvgIpc) is 3.54. The molecule has 6 nitrogen and oxygen atoms in total. The van der Waals surface area contributed by atoms with Crippen molar-refractivity contribution in [2.45, 2.75) is 64.7 Å². The minimum Gasteiger partial charge on any atom is -0.363 e. The molecule has 190 valence electrons. The van der Waals surface area contributed by atoms with E-state index in [0.717, 1.165) is 39.3 Å². The Morgan fingerprint density at radius 1 is 1.33 bits per heavy atom. The molecule has 36 heavy (non-hydrogen) atoms. The quantitative estimate of drug-likeness (QED) is 0.382. The summed E-state index contributed by atoms with van der Waals surface area (Å²) in [4.78, 5) is 15.0. The molecule has 0 radical (unpaired) electrons. The molecule has 0 aromatic carbocycles. The first-order valence-electron chi connectivity index (χ1n) is 11.8. The Bertz CT molecular complexity index is 1330. The molecule has 3 aromatic heterocycles. The maximum absolute atomic E-state index is 13.9. The van der Waals surface area contributed by atoms with Gasteiger partial charge in [0.2, 0.25) is 0 Å². The Morgan fingerprint density at radius 3 is 2.75 bits per heavy atom. The molecular formula is C25H26F3N5OS2. The Labute approximate surface area is 215 Å². The molecule has 3 atom stereocenters. The number of amides is 1. The van der Waals surface area contributed by atoms with Crippen LogP contribution in [-0.4, -0.2) is 21.9 Å². The third-order valence-electron chi connectivity index (χ3n) is 7.14. The number of fused-ring (bicyclic) bond motifs is 2. The number of nitriles is 1. The van der Waals surface area contributed by atoms with Crippen LogP contribution in [0.3, 0.4) is 0 Å². The lowest BCUT2D eigenvalue weighted by atomic mass is 9.72. The Kier molecular flexibility index (Phi) is 6.16. The maximum atomic E-state index is 13.9. The fourth-order valence-electron chi connectivity index (χ4n) is 5.06. The number of carbonyl (C=O) groups is 1. The third kappa shape index (κ3) is 4.52. The number of hydrogen-bond donors (Lipinski definition) is 2. The van der Waals surface area contributed by atoms with Crippen molar-refractivity contribution in [1.29, 1.82) is 5.26 Å². The monoisotopic (exact) mass is 533 g/mol. The summed E-state index contributed by atoms with van der Waals surface area (Å²) in [6.07, 6.45) is -2.15. The Balaban J connectivity index is 1.42. The van der Waals surface area contributed by atoms with Crippen molar-refractivity contribution >= 4 is 39.4 Å². The molecule has 3 aromatic rings. The summed E-state index contributed by atoms with van der Waals surface area (Å²) in [5.41, 5.74) is 1.43. The van der Waals surface area contributed by atoms with Crippen LogP contribution in [0.5, 0.6) is 0 Å². The van der Waals surface area contributed by atoms with E-state index in [-0.39, 0.29) is 23.3 Å². The van der Waals surface area contributed by atoms with Gasteiger partial charge in [-0.05, 0) is 47.6 Å². The number of hydrogen-bond acceptors (Lipinski definition) is 6. The molecule has 1 aliphatic heterocycles. The first-order valence-corrected chi connectivity index (χ1v) is 13.5. The van der Waals surface area contributed by atoms with E-state index in [1.54, 1.807) is 12.1 Å². The number of alkyl halides is 3. The maximum Gasteiger partial charge on any atom is 0.410 e. The van der Waals surface area contributed by atoms with Crippen molar-refractivity contribution in [3.8, 4) is 6.07 Å². The highest BCUT2D eigenvalue weighted by molar-refractivity contribution is 7.16. The van der Waals surface area contributed by atoms with Gasteiger partial charge >= 0.3 is 6.18 Å². The molecule has 0 saturated carbocycles. The first kappa shape index (κ1) is 24.8. The number of nitrogens with one attached hydrogen (secondary N) is 2. The lowest BCUT2D eigenvalue weighted by molar-refractivity contribution is -0.173. The van der Waals surface area contributed by atoms with E-state index in [2.05, 4.69) is 42.6 Å². The zero-order valence-electron chi connectivity index (χ0n) is 20.1. The predicted molar refractivity (Wildman–Crippen MR) is 135 cm³/mol. The van der Waals surface area contributed by atoms with Crippen LogP contribution in [0.4, 0.5) is 24.0 Å². The number of halogens is 3. The summed E-state index contributed by atoms with van der Waals surface area (Å²) in [7, 11) is 0. The lowest BCUT2D eigenvalue weighted by Crippen LogP contribution is -2.35. The van der Waals surface area contributed by atoms with Crippen molar-refractivity contribution in [2.75, 3.05) is 10.6 Å². The second kappa shape index (κ2) is 8.92. The predicted octanol–water partition coefficient (Wildman–Crippen LogP) is 6.94. The highest BCUT2D eigenvalue weighted by Crippen LogP contribution is 2.46. The Morgan fingerprint density at radius 2 is 2.11 bits per heavy atom. The molecule has 2 aliphatic rings. The van der Waals surface area contributed by atoms with E-state index in [1.807, 2.05) is 5.38 Å². The van der Waals surface area contributed by atoms with Crippen LogP contribution in [-0.2, 0) is 12.8 Å². The molecule has 0 saturated heterocycles. The highest BCUT2D eigenvalue weighted by atomic mass is 32.1. The van der Waals surface area contributed by atoms with E-state index in [1.165, 1.54) is 28.7 Å². The van der Waals surface area contributed by atoms with Crippen molar-refractivity contribution < 1.29 is 18.0 Å². The van der Waals surface area contributed by atoms with Crippen LogP contribution in [0, 0.1) is 22.7 Å². The van der Waals surface area contributed by atoms with Gasteiger partial charge in [0.25, 0.3) is 5.91 Å². The zero-order valence-corrected chi connectivity index (χ0v) is 21.7. The molecule has 0 spiro atoms. The van der Waals surface area contributed by atoms with Crippen LogP contribution < -0.4 is 10.6 Å². The van der Waals surface area contributed by atoms with Crippen LogP contribution in [0.15, 0.2) is 23.6 Å². The molecule has 1 aliphatic carbocycles. The summed E-state index contributed by atoms with van der Waals surface area (Å²) in [6, 6.07) is 4.79. The van der Waals surface area contributed by atoms with Crippen LogP contribution in [0.2, 0.25) is 0 Å². The van der Waals surface area contributed by atoms with Gasteiger partial charge in [0.15, 0.2) is 11.7 Å². The molecule has 0 bridgehead atoms. The largest absolute Gasteiger partial charge is 0.410 e. The van der Waals surface area contributed by atoms with Gasteiger partial charge < -0.3 is 10.6 Å². The topological polar surface area (TPSA) is 82.7 Å². The van der Waals surface area contributed by atoms with Crippen LogP contribution >= 0.6 is 22.7 Å². The molecule has 1 amide bonds. The summed E-state index contributed by atoms with van der Waals surface area (Å²) >= 11 is 2.77. The second-order valence-corrected chi connectivity index (χ2v) is 12.5. The molecule has 0 unspecified atom stereocenters. The molecule has 0 fully saturated rings. The van der Waals surface area contributed by atoms with Crippen LogP contribution in [0.25, 0.3) is 0 Å². The fourth-order valence-corrected chi connectivity index (χ4v) is 7.12. The number of aromatic nitrogens is 2. The summed E-state index contributed by atoms with van der Waals surface area (Å²) in [6.45, 7) is 6.61. The SMILES string of the molecule is CC(C)(C)[C@@H]1CCc2c(sc(NC(=O)c3cc4n(n3)[C@@H](C(F)(F)F)C[C@H](c3cccs3)N4)c2C#N)C1. The highest BCUT2D eigenvalue weighted by Gasteiger charge is 2.47. The van der Waals surface area contributed by atoms with E-state index in [4.69, 9.17) is 0 Å². The van der Waals surface area contributed by atoms with Gasteiger partial charge in [0.1, 0.15) is 16.9 Å². The smallest absolute Gasteiger partial charge is 0.363 e. The minimum absolute atomic E-state index is 0.124. The summed E-state index contributed by atoms with van der Waals surface area (Å²) in [5, 5.41) is 22.0. The number of carbonyl (C=O) groups excluding carboxylic acids is 1. The van der Waals surface area contributed by atoms with Crippen molar-refractivity contribution in [3.63, 3.8) is 0 Å². The number of anilines is 2. The second-order valence-electron chi connectivity index (χ2n) is 10.4. The summed E-state index contributed by atoms with van der Waals surface area (Å²) in [5.74, 6) is -0.0128. The standard InChI is InChI=1S/C25H26F3N5OS2/c1-24(2,3)13-6-7-14-15(12-29)23(36-19(14)9-13)31-22(34)17-11-21-30-16(18-5-4-8-35-18)10-20(25(26,27)28)33(21)32-17/h4-5,8,11,13,16,20,30H,6-7,9-10H2,1-3H3,(H,31,34)/t13-,16-,20-/m1/s1. The zero-order chi connectivity index (χ0) is 25.8. The lowest BCUT2D eigenvalue weighted by Gasteiger charge is -2.33. The van der Waals surface area contributed by atoms with Crippen molar-refractivity contribution in [3.05, 3.63) is 50.2 Å². The van der Waals surface area contributed by atoms with E-state index in [0.29, 0.717) is 16.5 Å². The van der Waals surface area contributed by atoms with Gasteiger partial charge in [-0.3, -0.25) is 4.79 Å². The molecule has 11 heteroatoms. The van der Waals surface area contributed by atoms with Gasteiger partial charge in [0, 0.05) is 22.2 Å². The fraction of sp³-hybridized carbons (Fsp3) is 0.480. The van der Waals surface area contributed by atoms with Gasteiger partial charge in [-0.2, -0.15) is 23.5 Å². The van der Waals surface area contributed by atoms with E-state index >= 15 is 0 Å². The number of thiophene rings is 2. The number of rotatable bonds is 3. The van der Waals surface area contributed by atoms with Gasteiger partial charge in [-0.25, -0.2) is 4.68 Å². The van der Waals surface area contributed by atoms with Crippen molar-refractivity contribution in [2.24, 2.45) is 11.3 Å². The van der Waals surface area contributed by atoms with Gasteiger partial charge in [-0.1, -0.05) is 26.8 Å². The van der Waals surface area contributed by atoms with E-state index < -0.39 is 24.2 Å². The molecule has 4 heterocycles.